The van der Waals surface area contributed by atoms with Crippen LogP contribution < -0.4 is 5.32 Å². The highest BCUT2D eigenvalue weighted by Gasteiger charge is 2.18. The third-order valence-electron chi connectivity index (χ3n) is 2.12. The largest absolute Gasteiger partial charge is 0.468 e. The fraction of sp³-hybridized carbons (Fsp3) is 0.545. The van der Waals surface area contributed by atoms with Gasteiger partial charge in [-0.05, 0) is 32.9 Å². The quantitative estimate of drug-likeness (QED) is 0.797. The molecule has 14 heavy (non-hydrogen) atoms. The molecule has 1 atom stereocenters. The van der Waals surface area contributed by atoms with E-state index in [0.29, 0.717) is 6.54 Å². The molecule has 0 aliphatic rings. The van der Waals surface area contributed by atoms with Crippen LogP contribution in [0.4, 0.5) is 0 Å². The topological polar surface area (TPSA) is 49.0 Å². The number of furan rings is 1. The van der Waals surface area contributed by atoms with Gasteiger partial charge >= 0.3 is 0 Å². The van der Waals surface area contributed by atoms with Crippen LogP contribution in [0.5, 0.6) is 0 Å². The predicted molar refractivity (Wildman–Crippen MR) is 54.5 cm³/mol. The summed E-state index contributed by atoms with van der Waals surface area (Å²) < 4.78 is 5.25. The van der Waals surface area contributed by atoms with Crippen LogP contribution in [0.3, 0.4) is 0 Å². The molecule has 1 aromatic heterocycles. The van der Waals surface area contributed by atoms with E-state index in [1.165, 1.54) is 0 Å². The van der Waals surface area contributed by atoms with Crippen molar-refractivity contribution in [3.05, 3.63) is 24.2 Å². The number of hydrogen-bond acceptors (Lipinski definition) is 3. The van der Waals surface area contributed by atoms with Crippen molar-refractivity contribution in [2.24, 2.45) is 5.41 Å². The second kappa shape index (κ2) is 4.30. The second-order valence-corrected chi connectivity index (χ2v) is 4.11. The van der Waals surface area contributed by atoms with Gasteiger partial charge in [-0.25, -0.2) is 0 Å². The predicted octanol–water partition coefficient (Wildman–Crippen LogP) is 2.48. The van der Waals surface area contributed by atoms with Crippen LogP contribution in [-0.2, 0) is 0 Å². The van der Waals surface area contributed by atoms with E-state index in [1.54, 1.807) is 6.26 Å². The molecule has 76 valence electrons. The lowest BCUT2D eigenvalue weighted by Crippen LogP contribution is -2.30. The van der Waals surface area contributed by atoms with E-state index in [-0.39, 0.29) is 11.5 Å². The number of rotatable bonds is 4. The van der Waals surface area contributed by atoms with E-state index in [4.69, 9.17) is 9.68 Å². The van der Waals surface area contributed by atoms with E-state index >= 15 is 0 Å². The maximum Gasteiger partial charge on any atom is 0.120 e. The number of nitrogens with one attached hydrogen (secondary N) is 1. The summed E-state index contributed by atoms with van der Waals surface area (Å²) in [5.74, 6) is 0.902. The first-order chi connectivity index (χ1) is 6.55. The van der Waals surface area contributed by atoms with Crippen molar-refractivity contribution in [2.75, 3.05) is 6.54 Å². The summed E-state index contributed by atoms with van der Waals surface area (Å²) in [6.45, 7) is 6.50. The van der Waals surface area contributed by atoms with Crippen LogP contribution in [0.2, 0.25) is 0 Å². The zero-order chi connectivity index (χ0) is 10.6. The zero-order valence-corrected chi connectivity index (χ0v) is 8.87. The van der Waals surface area contributed by atoms with Gasteiger partial charge in [-0.2, -0.15) is 5.26 Å². The maximum absolute atomic E-state index is 8.82. The van der Waals surface area contributed by atoms with E-state index in [2.05, 4.69) is 11.4 Å². The zero-order valence-electron chi connectivity index (χ0n) is 8.87. The van der Waals surface area contributed by atoms with Crippen LogP contribution >= 0.6 is 0 Å². The van der Waals surface area contributed by atoms with E-state index in [9.17, 15) is 0 Å². The molecule has 3 nitrogen and oxygen atoms in total. The van der Waals surface area contributed by atoms with Crippen molar-refractivity contribution >= 4 is 0 Å². The van der Waals surface area contributed by atoms with Crippen molar-refractivity contribution in [3.63, 3.8) is 0 Å². The summed E-state index contributed by atoms with van der Waals surface area (Å²) in [4.78, 5) is 0. The summed E-state index contributed by atoms with van der Waals surface area (Å²) in [6.07, 6.45) is 1.66. The molecular weight excluding hydrogens is 176 g/mol. The minimum absolute atomic E-state index is 0.151. The molecule has 0 saturated heterocycles. The molecule has 1 rings (SSSR count). The summed E-state index contributed by atoms with van der Waals surface area (Å²) in [5.41, 5.74) is -0.332. The summed E-state index contributed by atoms with van der Waals surface area (Å²) in [6, 6.07) is 6.19. The Kier molecular flexibility index (Phi) is 3.32. The Labute approximate surface area is 84.7 Å². The SMILES string of the molecule is CC(NCC(C)(C)C#N)c1ccco1. The monoisotopic (exact) mass is 192 g/mol. The molecule has 0 radical (unpaired) electrons. The Morgan fingerprint density at radius 2 is 2.36 bits per heavy atom. The molecule has 1 unspecified atom stereocenters. The molecule has 0 amide bonds. The van der Waals surface area contributed by atoms with Gasteiger partial charge < -0.3 is 9.73 Å². The molecule has 0 saturated carbocycles. The first-order valence-electron chi connectivity index (χ1n) is 4.73. The van der Waals surface area contributed by atoms with Crippen molar-refractivity contribution in [3.8, 4) is 6.07 Å². The molecule has 0 fully saturated rings. The lowest BCUT2D eigenvalue weighted by atomic mass is 9.95. The Balaban J connectivity index is 2.44. The summed E-state index contributed by atoms with van der Waals surface area (Å²) in [5, 5.41) is 12.1. The van der Waals surface area contributed by atoms with Gasteiger partial charge in [0.15, 0.2) is 0 Å². The molecule has 0 aliphatic carbocycles. The van der Waals surface area contributed by atoms with E-state index in [1.807, 2.05) is 32.9 Å². The Morgan fingerprint density at radius 1 is 1.64 bits per heavy atom. The number of nitrogens with zero attached hydrogens (tertiary/aromatic N) is 1. The van der Waals surface area contributed by atoms with Gasteiger partial charge in [0.05, 0.1) is 23.8 Å². The highest BCUT2D eigenvalue weighted by atomic mass is 16.3. The molecular formula is C11H16N2O. The average molecular weight is 192 g/mol. The van der Waals surface area contributed by atoms with Crippen LogP contribution in [0, 0.1) is 16.7 Å². The van der Waals surface area contributed by atoms with Gasteiger partial charge in [0, 0.05) is 6.54 Å². The summed E-state index contributed by atoms with van der Waals surface area (Å²) in [7, 11) is 0. The molecule has 1 aromatic rings. The number of hydrogen-bond donors (Lipinski definition) is 1. The minimum atomic E-state index is -0.332. The van der Waals surface area contributed by atoms with Crippen molar-refractivity contribution in [1.29, 1.82) is 5.26 Å². The standard InChI is InChI=1S/C11H16N2O/c1-9(10-5-4-6-14-10)13-8-11(2,3)7-12/h4-6,9,13H,8H2,1-3H3. The van der Waals surface area contributed by atoms with Crippen molar-refractivity contribution in [1.82, 2.24) is 5.32 Å². The van der Waals surface area contributed by atoms with Crippen molar-refractivity contribution < 1.29 is 4.42 Å². The fourth-order valence-electron chi connectivity index (χ4n) is 1.09. The lowest BCUT2D eigenvalue weighted by molar-refractivity contribution is 0.376. The Hall–Kier alpha value is -1.27. The van der Waals surface area contributed by atoms with Gasteiger partial charge in [0.1, 0.15) is 5.76 Å². The van der Waals surface area contributed by atoms with Gasteiger partial charge in [-0.3, -0.25) is 0 Å². The third-order valence-corrected chi connectivity index (χ3v) is 2.12. The van der Waals surface area contributed by atoms with E-state index in [0.717, 1.165) is 5.76 Å². The first-order valence-corrected chi connectivity index (χ1v) is 4.73. The van der Waals surface area contributed by atoms with Crippen molar-refractivity contribution in [2.45, 2.75) is 26.8 Å². The van der Waals surface area contributed by atoms with Gasteiger partial charge in [0.25, 0.3) is 0 Å². The molecule has 3 heteroatoms. The van der Waals surface area contributed by atoms with Gasteiger partial charge in [-0.1, -0.05) is 0 Å². The lowest BCUT2D eigenvalue weighted by Gasteiger charge is -2.19. The van der Waals surface area contributed by atoms with Crippen LogP contribution in [-0.4, -0.2) is 6.54 Å². The highest BCUT2D eigenvalue weighted by Crippen LogP contribution is 2.16. The molecule has 0 aromatic carbocycles. The first kappa shape index (κ1) is 10.8. The molecule has 0 spiro atoms. The summed E-state index contributed by atoms with van der Waals surface area (Å²) >= 11 is 0. The Morgan fingerprint density at radius 3 is 2.86 bits per heavy atom. The third kappa shape index (κ3) is 2.90. The fourth-order valence-corrected chi connectivity index (χ4v) is 1.09. The van der Waals surface area contributed by atoms with Gasteiger partial charge in [-0.15, -0.1) is 0 Å². The maximum atomic E-state index is 8.82. The smallest absolute Gasteiger partial charge is 0.120 e. The average Bonchev–Trinajstić information content (AvgIpc) is 2.67. The molecule has 1 heterocycles. The van der Waals surface area contributed by atoms with Crippen LogP contribution in [0.25, 0.3) is 0 Å². The number of nitriles is 1. The molecule has 1 N–H and O–H groups in total. The molecule has 0 bridgehead atoms. The molecule has 0 aliphatic heterocycles. The van der Waals surface area contributed by atoms with Crippen LogP contribution in [0.1, 0.15) is 32.6 Å². The van der Waals surface area contributed by atoms with E-state index < -0.39 is 0 Å². The van der Waals surface area contributed by atoms with Crippen LogP contribution in [0.15, 0.2) is 22.8 Å². The highest BCUT2D eigenvalue weighted by molar-refractivity contribution is 5.04. The Bertz CT molecular complexity index is 309. The normalized spacial score (nSPS) is 13.6. The van der Waals surface area contributed by atoms with Gasteiger partial charge in [0.2, 0.25) is 0 Å². The second-order valence-electron chi connectivity index (χ2n) is 4.11. The minimum Gasteiger partial charge on any atom is -0.468 e.